The fourth-order valence-corrected chi connectivity index (χ4v) is 2.02. The zero-order valence-electron chi connectivity index (χ0n) is 9.77. The number of hydrogen-bond acceptors (Lipinski definition) is 3. The van der Waals surface area contributed by atoms with Crippen molar-refractivity contribution in [3.63, 3.8) is 0 Å². The smallest absolute Gasteiger partial charge is 0.352 e. The van der Waals surface area contributed by atoms with Gasteiger partial charge in [-0.05, 0) is 12.1 Å². The molecule has 0 saturated heterocycles. The Labute approximate surface area is 116 Å². The number of carbonyl (C=O) groups excluding carboxylic acids is 1. The van der Waals surface area contributed by atoms with Gasteiger partial charge in [-0.3, -0.25) is 4.79 Å². The van der Waals surface area contributed by atoms with Gasteiger partial charge in [0.25, 0.3) is 0 Å². The van der Waals surface area contributed by atoms with Gasteiger partial charge in [0.1, 0.15) is 11.5 Å². The number of amides is 1. The van der Waals surface area contributed by atoms with Crippen molar-refractivity contribution in [1.82, 2.24) is 5.01 Å². The molecule has 0 bridgehead atoms. The molecule has 0 saturated carbocycles. The highest BCUT2D eigenvalue weighted by atomic mass is 79.9. The first kappa shape index (κ1) is 13.7. The van der Waals surface area contributed by atoms with Crippen molar-refractivity contribution in [2.45, 2.75) is 19.4 Å². The van der Waals surface area contributed by atoms with Gasteiger partial charge >= 0.3 is 5.97 Å². The molecule has 1 aromatic rings. The van der Waals surface area contributed by atoms with E-state index in [1.54, 1.807) is 6.07 Å². The van der Waals surface area contributed by atoms with Crippen molar-refractivity contribution in [2.24, 2.45) is 5.10 Å². The first-order valence-corrected chi connectivity index (χ1v) is 6.31. The van der Waals surface area contributed by atoms with E-state index < -0.39 is 11.8 Å². The summed E-state index contributed by atoms with van der Waals surface area (Å²) in [5.41, 5.74) is 0.198. The third-order valence-corrected chi connectivity index (χ3v) is 3.18. The van der Waals surface area contributed by atoms with Gasteiger partial charge in [0.15, 0.2) is 0 Å². The lowest BCUT2D eigenvalue weighted by Gasteiger charge is -2.22. The van der Waals surface area contributed by atoms with E-state index in [1.165, 1.54) is 12.1 Å². The SMILES string of the molecule is O=C(O)C1=NN(Cc2ccc(Br)cc2F)C(=O)CC1. The Morgan fingerprint density at radius 1 is 1.47 bits per heavy atom. The maximum Gasteiger partial charge on any atom is 0.352 e. The summed E-state index contributed by atoms with van der Waals surface area (Å²) in [7, 11) is 0. The van der Waals surface area contributed by atoms with Crippen LogP contribution in [0.4, 0.5) is 4.39 Å². The van der Waals surface area contributed by atoms with Crippen LogP contribution in [0.3, 0.4) is 0 Å². The van der Waals surface area contributed by atoms with E-state index in [2.05, 4.69) is 21.0 Å². The molecule has 100 valence electrons. The molecule has 1 amide bonds. The third kappa shape index (κ3) is 3.17. The molecular formula is C12H10BrFN2O3. The Bertz CT molecular complexity index is 574. The number of rotatable bonds is 3. The molecule has 7 heteroatoms. The minimum atomic E-state index is -1.16. The van der Waals surface area contributed by atoms with Gasteiger partial charge in [0.2, 0.25) is 5.91 Å². The van der Waals surface area contributed by atoms with Crippen LogP contribution in [0.15, 0.2) is 27.8 Å². The van der Waals surface area contributed by atoms with Gasteiger partial charge < -0.3 is 5.11 Å². The maximum atomic E-state index is 13.7. The van der Waals surface area contributed by atoms with Gasteiger partial charge in [0.05, 0.1) is 6.54 Å². The molecule has 0 radical (unpaired) electrons. The van der Waals surface area contributed by atoms with Crippen LogP contribution in [0.5, 0.6) is 0 Å². The van der Waals surface area contributed by atoms with Gasteiger partial charge in [-0.2, -0.15) is 5.10 Å². The number of halogens is 2. The summed E-state index contributed by atoms with van der Waals surface area (Å²) in [5, 5.41) is 13.6. The number of carboxylic acids is 1. The topological polar surface area (TPSA) is 70.0 Å². The second-order valence-electron chi connectivity index (χ2n) is 4.04. The van der Waals surface area contributed by atoms with Crippen molar-refractivity contribution < 1.29 is 19.1 Å². The molecule has 0 fully saturated rings. The summed E-state index contributed by atoms with van der Waals surface area (Å²) in [4.78, 5) is 22.5. The summed E-state index contributed by atoms with van der Waals surface area (Å²) in [6, 6.07) is 4.46. The van der Waals surface area contributed by atoms with Crippen molar-refractivity contribution >= 4 is 33.5 Å². The molecule has 0 aromatic heterocycles. The molecule has 0 unspecified atom stereocenters. The molecule has 1 aliphatic heterocycles. The quantitative estimate of drug-likeness (QED) is 0.924. The molecule has 5 nitrogen and oxygen atoms in total. The maximum absolute atomic E-state index is 13.7. The molecule has 1 aliphatic rings. The summed E-state index contributed by atoms with van der Waals surface area (Å²) in [6.45, 7) is -0.0747. The van der Waals surface area contributed by atoms with Gasteiger partial charge in [0, 0.05) is 22.9 Å². The summed E-state index contributed by atoms with van der Waals surface area (Å²) >= 11 is 3.14. The average molecular weight is 329 g/mol. The minimum Gasteiger partial charge on any atom is -0.477 e. The predicted molar refractivity (Wildman–Crippen MR) is 69.0 cm³/mol. The molecule has 0 spiro atoms. The van der Waals surface area contributed by atoms with E-state index in [4.69, 9.17) is 5.11 Å². The Morgan fingerprint density at radius 3 is 2.84 bits per heavy atom. The van der Waals surface area contributed by atoms with Crippen molar-refractivity contribution in [3.05, 3.63) is 34.1 Å². The summed E-state index contributed by atoms with van der Waals surface area (Å²) in [6.07, 6.45) is 0.177. The van der Waals surface area contributed by atoms with Crippen LogP contribution in [-0.2, 0) is 16.1 Å². The fourth-order valence-electron chi connectivity index (χ4n) is 1.69. The van der Waals surface area contributed by atoms with Gasteiger partial charge in [-0.25, -0.2) is 14.2 Å². The van der Waals surface area contributed by atoms with Crippen LogP contribution in [0.1, 0.15) is 18.4 Å². The highest BCUT2D eigenvalue weighted by molar-refractivity contribution is 9.10. The number of nitrogens with zero attached hydrogens (tertiary/aromatic N) is 2. The molecule has 0 atom stereocenters. The Balaban J connectivity index is 2.23. The highest BCUT2D eigenvalue weighted by Gasteiger charge is 2.24. The number of aliphatic carboxylic acids is 1. The number of carbonyl (C=O) groups is 2. The molecule has 0 aliphatic carbocycles. The van der Waals surface area contributed by atoms with Crippen LogP contribution in [0, 0.1) is 5.82 Å². The second kappa shape index (κ2) is 5.48. The lowest BCUT2D eigenvalue weighted by atomic mass is 10.1. The van der Waals surface area contributed by atoms with Crippen LogP contribution in [0.2, 0.25) is 0 Å². The Morgan fingerprint density at radius 2 is 2.21 bits per heavy atom. The molecular weight excluding hydrogens is 319 g/mol. The zero-order valence-corrected chi connectivity index (χ0v) is 11.4. The molecule has 19 heavy (non-hydrogen) atoms. The second-order valence-corrected chi connectivity index (χ2v) is 4.95. The Hall–Kier alpha value is -1.76. The number of hydrazone groups is 1. The first-order valence-electron chi connectivity index (χ1n) is 5.52. The highest BCUT2D eigenvalue weighted by Crippen LogP contribution is 2.19. The van der Waals surface area contributed by atoms with Gasteiger partial charge in [-0.15, -0.1) is 0 Å². The van der Waals surface area contributed by atoms with E-state index in [9.17, 15) is 14.0 Å². The third-order valence-electron chi connectivity index (χ3n) is 2.69. The standard InChI is InChI=1S/C12H10BrFN2O3/c13-8-2-1-7(9(14)5-8)6-16-11(17)4-3-10(15-16)12(18)19/h1-2,5H,3-4,6H2,(H,18,19). The first-order chi connectivity index (χ1) is 8.97. The van der Waals surface area contributed by atoms with Crippen LogP contribution < -0.4 is 0 Å². The number of benzene rings is 1. The lowest BCUT2D eigenvalue weighted by molar-refractivity contribution is -0.133. The largest absolute Gasteiger partial charge is 0.477 e. The predicted octanol–water partition coefficient (Wildman–Crippen LogP) is 2.15. The zero-order chi connectivity index (χ0) is 14.0. The number of carboxylic acid groups (broad SMARTS) is 1. The van der Waals surface area contributed by atoms with Crippen LogP contribution >= 0.6 is 15.9 Å². The number of hydrogen-bond donors (Lipinski definition) is 1. The summed E-state index contributed by atoms with van der Waals surface area (Å²) in [5.74, 6) is -1.94. The molecule has 1 N–H and O–H groups in total. The monoisotopic (exact) mass is 328 g/mol. The Kier molecular flexibility index (Phi) is 3.94. The molecule has 2 rings (SSSR count). The van der Waals surface area contributed by atoms with E-state index in [-0.39, 0.29) is 36.6 Å². The van der Waals surface area contributed by atoms with E-state index in [0.717, 1.165) is 5.01 Å². The van der Waals surface area contributed by atoms with Crippen LogP contribution in [-0.4, -0.2) is 27.7 Å². The minimum absolute atomic E-state index is 0.0727. The van der Waals surface area contributed by atoms with Crippen LogP contribution in [0.25, 0.3) is 0 Å². The summed E-state index contributed by atoms with van der Waals surface area (Å²) < 4.78 is 14.2. The van der Waals surface area contributed by atoms with Crippen molar-refractivity contribution in [1.29, 1.82) is 0 Å². The van der Waals surface area contributed by atoms with Gasteiger partial charge in [-0.1, -0.05) is 22.0 Å². The molecule has 1 aromatic carbocycles. The van der Waals surface area contributed by atoms with Crippen molar-refractivity contribution in [2.75, 3.05) is 0 Å². The molecule has 1 heterocycles. The lowest BCUT2D eigenvalue weighted by Crippen LogP contribution is -2.34. The fraction of sp³-hybridized carbons (Fsp3) is 0.250. The van der Waals surface area contributed by atoms with Crippen molar-refractivity contribution in [3.8, 4) is 0 Å². The normalized spacial score (nSPS) is 15.4. The van der Waals surface area contributed by atoms with E-state index in [1.807, 2.05) is 0 Å². The van der Waals surface area contributed by atoms with E-state index in [0.29, 0.717) is 4.47 Å². The van der Waals surface area contributed by atoms with E-state index >= 15 is 0 Å². The average Bonchev–Trinajstić information content (AvgIpc) is 2.34.